The van der Waals surface area contributed by atoms with Crippen molar-refractivity contribution in [3.8, 4) is 0 Å². The van der Waals surface area contributed by atoms with E-state index in [-0.39, 0.29) is 17.8 Å². The minimum absolute atomic E-state index is 0.0948. The Hall–Kier alpha value is -2.62. The van der Waals surface area contributed by atoms with Crippen molar-refractivity contribution in [2.45, 2.75) is 37.1 Å². The van der Waals surface area contributed by atoms with Crippen LogP contribution in [0.15, 0.2) is 60.7 Å². The van der Waals surface area contributed by atoms with Gasteiger partial charge in [0.15, 0.2) is 0 Å². The number of amides is 1. The van der Waals surface area contributed by atoms with E-state index in [2.05, 4.69) is 5.32 Å². The summed E-state index contributed by atoms with van der Waals surface area (Å²) in [7, 11) is 1.38. The van der Waals surface area contributed by atoms with Gasteiger partial charge in [0.2, 0.25) is 0 Å². The van der Waals surface area contributed by atoms with Gasteiger partial charge in [-0.15, -0.1) is 0 Å². The predicted octanol–water partition coefficient (Wildman–Crippen LogP) is 3.69. The molecule has 2 atom stereocenters. The van der Waals surface area contributed by atoms with E-state index in [1.54, 1.807) is 12.1 Å². The Balaban J connectivity index is 1.99. The van der Waals surface area contributed by atoms with E-state index in [0.29, 0.717) is 12.0 Å². The fraction of sp³-hybridized carbons (Fsp3) is 0.333. The molecule has 1 saturated carbocycles. The number of hydrogen-bond donors (Lipinski definition) is 1. The van der Waals surface area contributed by atoms with Crippen LogP contribution in [0.4, 0.5) is 0 Å². The Morgan fingerprint density at radius 2 is 1.64 bits per heavy atom. The summed E-state index contributed by atoms with van der Waals surface area (Å²) in [5.74, 6) is -0.707. The maximum Gasteiger partial charge on any atom is 0.332 e. The molecule has 2 aromatic rings. The minimum atomic E-state index is -1.03. The predicted molar refractivity (Wildman–Crippen MR) is 96.3 cm³/mol. The van der Waals surface area contributed by atoms with Crippen molar-refractivity contribution in [3.05, 3.63) is 71.8 Å². The summed E-state index contributed by atoms with van der Waals surface area (Å²) in [6.45, 7) is 0. The number of methoxy groups -OCH3 is 1. The summed E-state index contributed by atoms with van der Waals surface area (Å²) in [6, 6.07) is 18.9. The van der Waals surface area contributed by atoms with E-state index < -0.39 is 5.54 Å². The molecule has 1 N–H and O–H groups in total. The van der Waals surface area contributed by atoms with Crippen LogP contribution in [0.3, 0.4) is 0 Å². The molecular weight excluding hydrogens is 314 g/mol. The molecule has 0 spiro atoms. The second-order valence-corrected chi connectivity index (χ2v) is 6.49. The van der Waals surface area contributed by atoms with Crippen LogP contribution in [0.1, 0.15) is 47.5 Å². The Morgan fingerprint density at radius 1 is 1.00 bits per heavy atom. The van der Waals surface area contributed by atoms with Gasteiger partial charge in [-0.1, -0.05) is 61.4 Å². The van der Waals surface area contributed by atoms with Crippen molar-refractivity contribution in [1.82, 2.24) is 5.32 Å². The van der Waals surface area contributed by atoms with Crippen LogP contribution in [-0.4, -0.2) is 24.5 Å². The first kappa shape index (κ1) is 17.2. The molecule has 25 heavy (non-hydrogen) atoms. The molecule has 0 heterocycles. The monoisotopic (exact) mass is 337 g/mol. The smallest absolute Gasteiger partial charge is 0.332 e. The molecule has 0 aromatic heterocycles. The molecule has 4 heteroatoms. The van der Waals surface area contributed by atoms with Gasteiger partial charge in [0.05, 0.1) is 7.11 Å². The summed E-state index contributed by atoms with van der Waals surface area (Å²) in [5, 5.41) is 3.03. The highest BCUT2D eigenvalue weighted by atomic mass is 16.5. The van der Waals surface area contributed by atoms with Gasteiger partial charge in [-0.05, 0) is 30.5 Å². The van der Waals surface area contributed by atoms with Crippen molar-refractivity contribution >= 4 is 11.9 Å². The van der Waals surface area contributed by atoms with E-state index >= 15 is 0 Å². The zero-order valence-corrected chi connectivity index (χ0v) is 14.4. The number of benzene rings is 2. The molecule has 0 radical (unpaired) electrons. The molecule has 1 aliphatic carbocycles. The van der Waals surface area contributed by atoms with Gasteiger partial charge in [-0.2, -0.15) is 0 Å². The lowest BCUT2D eigenvalue weighted by molar-refractivity contribution is -0.150. The third-order valence-corrected chi connectivity index (χ3v) is 5.03. The summed E-state index contributed by atoms with van der Waals surface area (Å²) in [6.07, 6.45) is 3.33. The van der Waals surface area contributed by atoms with Crippen LogP contribution in [0, 0.1) is 0 Å². The zero-order chi connectivity index (χ0) is 17.7. The van der Waals surface area contributed by atoms with Crippen LogP contribution in [0.25, 0.3) is 0 Å². The SMILES string of the molecule is COC(=O)[C@]1(NC(=O)c2ccccc2)CCCC[C@H]1c1ccccc1. The minimum Gasteiger partial charge on any atom is -0.467 e. The molecule has 2 aromatic carbocycles. The van der Waals surface area contributed by atoms with Crippen LogP contribution in [0.2, 0.25) is 0 Å². The van der Waals surface area contributed by atoms with Crippen LogP contribution >= 0.6 is 0 Å². The molecule has 0 aliphatic heterocycles. The average molecular weight is 337 g/mol. The number of carbonyl (C=O) groups excluding carboxylic acids is 2. The third kappa shape index (κ3) is 3.43. The summed E-state index contributed by atoms with van der Waals surface area (Å²) in [5.41, 5.74) is 0.575. The first-order valence-corrected chi connectivity index (χ1v) is 8.68. The highest BCUT2D eigenvalue weighted by Gasteiger charge is 2.49. The Kier molecular flexibility index (Phi) is 5.17. The van der Waals surface area contributed by atoms with Crippen molar-refractivity contribution in [2.75, 3.05) is 7.11 Å². The highest BCUT2D eigenvalue weighted by molar-refractivity contribution is 5.98. The van der Waals surface area contributed by atoms with Crippen LogP contribution in [0.5, 0.6) is 0 Å². The Morgan fingerprint density at radius 3 is 2.28 bits per heavy atom. The average Bonchev–Trinajstić information content (AvgIpc) is 2.69. The lowest BCUT2D eigenvalue weighted by Gasteiger charge is -2.42. The maximum absolute atomic E-state index is 12.8. The van der Waals surface area contributed by atoms with Gasteiger partial charge in [-0.25, -0.2) is 4.79 Å². The Bertz CT molecular complexity index is 729. The lowest BCUT2D eigenvalue weighted by atomic mass is 9.69. The number of hydrogen-bond acceptors (Lipinski definition) is 3. The fourth-order valence-electron chi connectivity index (χ4n) is 3.80. The molecule has 0 unspecified atom stereocenters. The summed E-state index contributed by atoms with van der Waals surface area (Å²) >= 11 is 0. The molecule has 0 saturated heterocycles. The number of carbonyl (C=O) groups is 2. The molecular formula is C21H23NO3. The van der Waals surface area contributed by atoms with Crippen molar-refractivity contribution in [2.24, 2.45) is 0 Å². The second-order valence-electron chi connectivity index (χ2n) is 6.49. The molecule has 4 nitrogen and oxygen atoms in total. The number of rotatable bonds is 4. The zero-order valence-electron chi connectivity index (χ0n) is 14.4. The van der Waals surface area contributed by atoms with Crippen molar-refractivity contribution in [3.63, 3.8) is 0 Å². The number of nitrogens with one attached hydrogen (secondary N) is 1. The largest absolute Gasteiger partial charge is 0.467 e. The standard InChI is InChI=1S/C21H23NO3/c1-25-20(24)21(22-19(23)17-12-6-3-7-13-17)15-9-8-14-18(21)16-10-4-2-5-11-16/h2-7,10-13,18H,8-9,14-15H2,1H3,(H,22,23)/t18-,21-/m0/s1. The maximum atomic E-state index is 12.8. The topological polar surface area (TPSA) is 55.4 Å². The number of esters is 1. The molecule has 1 amide bonds. The van der Waals surface area contributed by atoms with Gasteiger partial charge in [0, 0.05) is 11.5 Å². The molecule has 1 aliphatic rings. The first-order chi connectivity index (χ1) is 12.2. The van der Waals surface area contributed by atoms with Crippen molar-refractivity contribution in [1.29, 1.82) is 0 Å². The molecule has 130 valence electrons. The van der Waals surface area contributed by atoms with E-state index in [9.17, 15) is 9.59 Å². The van der Waals surface area contributed by atoms with Crippen molar-refractivity contribution < 1.29 is 14.3 Å². The van der Waals surface area contributed by atoms with Crippen LogP contribution in [-0.2, 0) is 9.53 Å². The highest BCUT2D eigenvalue weighted by Crippen LogP contribution is 2.42. The second kappa shape index (κ2) is 7.51. The number of ether oxygens (including phenoxy) is 1. The van der Waals surface area contributed by atoms with E-state index in [1.807, 2.05) is 48.5 Å². The van der Waals surface area contributed by atoms with E-state index in [4.69, 9.17) is 4.74 Å². The van der Waals surface area contributed by atoms with Gasteiger partial charge < -0.3 is 10.1 Å². The molecule has 3 rings (SSSR count). The van der Waals surface area contributed by atoms with Gasteiger partial charge in [-0.3, -0.25) is 4.79 Å². The summed E-state index contributed by atoms with van der Waals surface area (Å²) < 4.78 is 5.13. The lowest BCUT2D eigenvalue weighted by Crippen LogP contribution is -2.60. The summed E-state index contributed by atoms with van der Waals surface area (Å²) in [4.78, 5) is 25.6. The van der Waals surface area contributed by atoms with Gasteiger partial charge in [0.25, 0.3) is 5.91 Å². The molecule has 0 bridgehead atoms. The van der Waals surface area contributed by atoms with Gasteiger partial charge in [0.1, 0.15) is 5.54 Å². The third-order valence-electron chi connectivity index (χ3n) is 5.03. The fourth-order valence-corrected chi connectivity index (χ4v) is 3.80. The van der Waals surface area contributed by atoms with E-state index in [1.165, 1.54) is 7.11 Å². The van der Waals surface area contributed by atoms with E-state index in [0.717, 1.165) is 24.8 Å². The quantitative estimate of drug-likeness (QED) is 0.866. The van der Waals surface area contributed by atoms with Gasteiger partial charge >= 0.3 is 5.97 Å². The Labute approximate surface area is 148 Å². The molecule has 1 fully saturated rings. The van der Waals surface area contributed by atoms with Crippen LogP contribution < -0.4 is 5.32 Å². The normalized spacial score (nSPS) is 22.8. The first-order valence-electron chi connectivity index (χ1n) is 8.68.